The number of rotatable bonds is 11. The number of hydrogen-bond donors (Lipinski definition) is 2. The number of ether oxygens (including phenoxy) is 1. The fourth-order valence-electron chi connectivity index (χ4n) is 4.58. The first kappa shape index (κ1) is 25.4. The van der Waals surface area contributed by atoms with E-state index < -0.39 is 23.6 Å². The Labute approximate surface area is 211 Å². The first-order chi connectivity index (χ1) is 17.0. The van der Waals surface area contributed by atoms with E-state index in [1.165, 1.54) is 11.6 Å². The molecule has 1 heterocycles. The lowest BCUT2D eigenvalue weighted by Gasteiger charge is -2.38. The number of unbranched alkanes of at least 4 members (excludes halogenated alkanes) is 2. The molecule has 184 valence electrons. The van der Waals surface area contributed by atoms with Crippen molar-refractivity contribution < 1.29 is 14.2 Å². The van der Waals surface area contributed by atoms with Crippen molar-refractivity contribution in [3.8, 4) is 0 Å². The Morgan fingerprint density at radius 2 is 2.11 bits per heavy atom. The van der Waals surface area contributed by atoms with E-state index in [0.29, 0.717) is 17.0 Å². The second-order valence-corrected chi connectivity index (χ2v) is 9.48. The molecule has 0 saturated heterocycles. The second kappa shape index (κ2) is 11.8. The van der Waals surface area contributed by atoms with Crippen LogP contribution in [-0.2, 0) is 11.2 Å². The molecule has 4 rings (SSSR count). The zero-order valence-electron chi connectivity index (χ0n) is 20.0. The van der Waals surface area contributed by atoms with Gasteiger partial charge in [0.2, 0.25) is 0 Å². The zero-order chi connectivity index (χ0) is 24.7. The maximum atomic E-state index is 15.0. The van der Waals surface area contributed by atoms with Crippen LogP contribution in [0.15, 0.2) is 79.1 Å². The summed E-state index contributed by atoms with van der Waals surface area (Å²) in [6.07, 6.45) is 17.6. The summed E-state index contributed by atoms with van der Waals surface area (Å²) in [6, 6.07) is 11.0. The van der Waals surface area contributed by atoms with Crippen LogP contribution in [0.4, 0.5) is 4.39 Å². The largest absolute Gasteiger partial charge is 0.368 e. The molecule has 3 unspecified atom stereocenters. The van der Waals surface area contributed by atoms with Gasteiger partial charge in [-0.2, -0.15) is 5.10 Å². The van der Waals surface area contributed by atoms with Crippen molar-refractivity contribution >= 4 is 22.5 Å². The molecule has 0 amide bonds. The quantitative estimate of drug-likeness (QED) is 0.166. The molecule has 0 saturated carbocycles. The fraction of sp³-hybridized carbons (Fsp3) is 0.345. The highest BCUT2D eigenvalue weighted by Gasteiger charge is 2.39. The first-order valence-electron chi connectivity index (χ1n) is 12.3. The van der Waals surface area contributed by atoms with Gasteiger partial charge in [-0.1, -0.05) is 73.9 Å². The number of fused-ring (bicyclic) bond motifs is 1. The molecule has 2 aromatic carbocycles. The summed E-state index contributed by atoms with van der Waals surface area (Å²) in [5.41, 5.74) is 1.69. The molecule has 0 aliphatic heterocycles. The predicted octanol–water partition coefficient (Wildman–Crippen LogP) is 7.41. The summed E-state index contributed by atoms with van der Waals surface area (Å²) in [5, 5.41) is 19.2. The van der Waals surface area contributed by atoms with Crippen molar-refractivity contribution in [1.82, 2.24) is 10.2 Å². The van der Waals surface area contributed by atoms with Crippen LogP contribution in [-0.4, -0.2) is 27.2 Å². The highest BCUT2D eigenvalue weighted by molar-refractivity contribution is 6.30. The van der Waals surface area contributed by atoms with E-state index in [1.807, 2.05) is 42.6 Å². The van der Waals surface area contributed by atoms with Crippen molar-refractivity contribution in [3.63, 3.8) is 0 Å². The molecule has 35 heavy (non-hydrogen) atoms. The molecule has 2 N–H and O–H groups in total. The van der Waals surface area contributed by atoms with Gasteiger partial charge in [-0.05, 0) is 67.2 Å². The molecule has 0 fully saturated rings. The van der Waals surface area contributed by atoms with Crippen LogP contribution in [0.25, 0.3) is 10.9 Å². The number of halogens is 2. The number of nitrogens with zero attached hydrogens (tertiary/aromatic N) is 1. The predicted molar refractivity (Wildman–Crippen MR) is 140 cm³/mol. The van der Waals surface area contributed by atoms with E-state index in [4.69, 9.17) is 16.3 Å². The number of aliphatic hydroxyl groups excluding tert-OH is 1. The summed E-state index contributed by atoms with van der Waals surface area (Å²) in [4.78, 5) is 0. The number of aliphatic hydroxyl groups is 1. The molecule has 1 aromatic heterocycles. The van der Waals surface area contributed by atoms with Crippen molar-refractivity contribution in [2.75, 3.05) is 0 Å². The highest BCUT2D eigenvalue weighted by Crippen LogP contribution is 2.41. The minimum Gasteiger partial charge on any atom is -0.368 e. The Balaban J connectivity index is 1.57. The average molecular weight is 495 g/mol. The molecule has 3 atom stereocenters. The lowest BCUT2D eigenvalue weighted by molar-refractivity contribution is -0.158. The molecule has 1 aliphatic carbocycles. The second-order valence-electron chi connectivity index (χ2n) is 9.04. The number of hydrogen-bond acceptors (Lipinski definition) is 3. The van der Waals surface area contributed by atoms with Gasteiger partial charge in [0.15, 0.2) is 6.29 Å². The summed E-state index contributed by atoms with van der Waals surface area (Å²) in [5.74, 6) is -0.832. The van der Waals surface area contributed by atoms with Crippen LogP contribution >= 0.6 is 11.6 Å². The summed E-state index contributed by atoms with van der Waals surface area (Å²) in [7, 11) is 0. The van der Waals surface area contributed by atoms with E-state index >= 15 is 0 Å². The lowest BCUT2D eigenvalue weighted by Crippen LogP contribution is -2.40. The number of aromatic nitrogens is 2. The third-order valence-electron chi connectivity index (χ3n) is 6.43. The number of allylic oxidation sites excluding steroid dienone is 3. The number of H-pyrrole nitrogens is 1. The van der Waals surface area contributed by atoms with Gasteiger partial charge in [0.05, 0.1) is 11.7 Å². The van der Waals surface area contributed by atoms with Gasteiger partial charge in [-0.15, -0.1) is 0 Å². The number of aromatic amines is 1. The van der Waals surface area contributed by atoms with Gasteiger partial charge < -0.3 is 9.84 Å². The van der Waals surface area contributed by atoms with Gasteiger partial charge in [0, 0.05) is 16.3 Å². The van der Waals surface area contributed by atoms with Crippen molar-refractivity contribution in [2.24, 2.45) is 0 Å². The molecule has 0 spiro atoms. The smallest absolute Gasteiger partial charge is 0.156 e. The Morgan fingerprint density at radius 1 is 1.23 bits per heavy atom. The van der Waals surface area contributed by atoms with E-state index in [0.717, 1.165) is 43.0 Å². The lowest BCUT2D eigenvalue weighted by atomic mass is 9.78. The number of aryl methyl sites for hydroxylation is 1. The zero-order valence-corrected chi connectivity index (χ0v) is 20.7. The van der Waals surface area contributed by atoms with Gasteiger partial charge in [-0.25, -0.2) is 4.39 Å². The Hall–Kier alpha value is -2.73. The molecule has 4 nitrogen and oxygen atoms in total. The molecule has 3 aromatic rings. The first-order valence-corrected chi connectivity index (χ1v) is 12.6. The molecular weight excluding hydrogens is 463 g/mol. The normalized spacial score (nSPS) is 20.7. The van der Waals surface area contributed by atoms with Crippen LogP contribution in [0.5, 0.6) is 0 Å². The Morgan fingerprint density at radius 3 is 2.94 bits per heavy atom. The van der Waals surface area contributed by atoms with Crippen molar-refractivity contribution in [2.45, 2.75) is 63.3 Å². The van der Waals surface area contributed by atoms with Crippen LogP contribution in [0.1, 0.15) is 56.1 Å². The molecule has 0 bridgehead atoms. The summed E-state index contributed by atoms with van der Waals surface area (Å²) in [6.45, 7) is 2.12. The van der Waals surface area contributed by atoms with E-state index in [2.05, 4.69) is 35.3 Å². The van der Waals surface area contributed by atoms with Crippen LogP contribution in [0.2, 0.25) is 5.02 Å². The number of benzene rings is 2. The van der Waals surface area contributed by atoms with Gasteiger partial charge in [-0.3, -0.25) is 5.10 Å². The molecular formula is C29H32ClFN2O2. The van der Waals surface area contributed by atoms with Gasteiger partial charge in [0.25, 0.3) is 0 Å². The van der Waals surface area contributed by atoms with Crippen molar-refractivity contribution in [3.05, 3.63) is 101 Å². The minimum atomic E-state index is -1.01. The van der Waals surface area contributed by atoms with E-state index in [9.17, 15) is 9.50 Å². The summed E-state index contributed by atoms with van der Waals surface area (Å²) < 4.78 is 21.3. The molecule has 0 radical (unpaired) electrons. The summed E-state index contributed by atoms with van der Waals surface area (Å²) >= 11 is 6.01. The Bertz CT molecular complexity index is 1220. The standard InChI is InChI=1S/C29H32ClFN2O2/c1-2-3-4-11-28(34)35-29(16-7-5-9-21-12-15-27-22(18-21)20-32-33-27)17-8-6-10-25(29)24-14-13-23(30)19-26(24)31/h6-8,10,12-20,25,28,34H,2-5,9,11H2,1H3,(H,32,33). The SMILES string of the molecule is CCCCCC(O)OC1(C=CCCc2ccc3[nH]ncc3c2)C=CC=CC1c1ccc(Cl)cc1F. The van der Waals surface area contributed by atoms with Gasteiger partial charge in [0.1, 0.15) is 11.4 Å². The maximum absolute atomic E-state index is 15.0. The van der Waals surface area contributed by atoms with Crippen LogP contribution in [0.3, 0.4) is 0 Å². The highest BCUT2D eigenvalue weighted by atomic mass is 35.5. The topological polar surface area (TPSA) is 58.1 Å². The van der Waals surface area contributed by atoms with Crippen LogP contribution < -0.4 is 0 Å². The third kappa shape index (κ3) is 6.29. The monoisotopic (exact) mass is 494 g/mol. The fourth-order valence-corrected chi connectivity index (χ4v) is 4.73. The van der Waals surface area contributed by atoms with Gasteiger partial charge >= 0.3 is 0 Å². The van der Waals surface area contributed by atoms with E-state index in [1.54, 1.807) is 12.1 Å². The Kier molecular flexibility index (Phi) is 8.55. The molecule has 1 aliphatic rings. The maximum Gasteiger partial charge on any atom is 0.156 e. The minimum absolute atomic E-state index is 0.345. The third-order valence-corrected chi connectivity index (χ3v) is 6.67. The van der Waals surface area contributed by atoms with E-state index in [-0.39, 0.29) is 0 Å². The number of nitrogens with one attached hydrogen (secondary N) is 1. The average Bonchev–Trinajstić information content (AvgIpc) is 3.31. The van der Waals surface area contributed by atoms with Crippen LogP contribution in [0, 0.1) is 5.82 Å². The van der Waals surface area contributed by atoms with Crippen molar-refractivity contribution in [1.29, 1.82) is 0 Å². The molecule has 6 heteroatoms.